The van der Waals surface area contributed by atoms with Crippen molar-refractivity contribution in [3.63, 3.8) is 0 Å². The molecule has 0 saturated carbocycles. The van der Waals surface area contributed by atoms with Crippen LogP contribution >= 0.6 is 0 Å². The van der Waals surface area contributed by atoms with E-state index in [2.05, 4.69) is 18.5 Å². The van der Waals surface area contributed by atoms with Crippen LogP contribution in [-0.2, 0) is 9.53 Å². The number of alkyl halides is 6. The minimum atomic E-state index is -4.55. The number of rotatable bonds is 5. The summed E-state index contributed by atoms with van der Waals surface area (Å²) >= 11 is 0. The van der Waals surface area contributed by atoms with Crippen molar-refractivity contribution >= 4 is 5.91 Å². The Balaban J connectivity index is 2.20. The van der Waals surface area contributed by atoms with Crippen molar-refractivity contribution in [1.82, 2.24) is 10.2 Å². The summed E-state index contributed by atoms with van der Waals surface area (Å²) in [5.74, 6) is -0.732. The molecule has 0 radical (unpaired) electrons. The first-order valence-corrected chi connectivity index (χ1v) is 9.62. The van der Waals surface area contributed by atoms with Crippen LogP contribution in [0.3, 0.4) is 0 Å². The number of halogens is 6. The molecule has 172 valence electrons. The predicted octanol–water partition coefficient (Wildman–Crippen LogP) is 4.94. The van der Waals surface area contributed by atoms with Crippen molar-refractivity contribution in [3.8, 4) is 0 Å². The molecule has 1 heterocycles. The van der Waals surface area contributed by atoms with Crippen LogP contribution in [0.25, 0.3) is 0 Å². The Hall–Kier alpha value is -2.65. The number of carbonyl (C=O) groups is 1. The molecule has 1 amide bonds. The van der Waals surface area contributed by atoms with E-state index in [-0.39, 0.29) is 36.6 Å². The highest BCUT2D eigenvalue weighted by atomic mass is 19.4. The molecule has 1 N–H and O–H groups in total. The molecule has 0 aromatic carbocycles. The fourth-order valence-electron chi connectivity index (χ4n) is 3.25. The zero-order valence-electron chi connectivity index (χ0n) is 17.0. The second-order valence-electron chi connectivity index (χ2n) is 7.25. The fourth-order valence-corrected chi connectivity index (χ4v) is 3.25. The number of carbonyl (C=O) groups excluding carboxylic acids is 1. The number of nitrogens with one attached hydrogen (secondary N) is 1. The molecule has 0 aromatic rings. The zero-order chi connectivity index (χ0) is 23.4. The monoisotopic (exact) mass is 450 g/mol. The van der Waals surface area contributed by atoms with E-state index in [0.717, 1.165) is 17.1 Å². The van der Waals surface area contributed by atoms with Crippen LogP contribution < -0.4 is 5.32 Å². The Morgan fingerprint density at radius 2 is 1.90 bits per heavy atom. The quantitative estimate of drug-likeness (QED) is 0.604. The van der Waals surface area contributed by atoms with Gasteiger partial charge in [0, 0.05) is 6.04 Å². The third-order valence-corrected chi connectivity index (χ3v) is 4.80. The lowest BCUT2D eigenvalue weighted by molar-refractivity contribution is -0.140. The van der Waals surface area contributed by atoms with Gasteiger partial charge in [-0.15, -0.1) is 0 Å². The second kappa shape index (κ2) is 9.65. The van der Waals surface area contributed by atoms with Crippen molar-refractivity contribution in [1.29, 1.82) is 0 Å². The lowest BCUT2D eigenvalue weighted by Gasteiger charge is -2.22. The minimum absolute atomic E-state index is 0.0343. The van der Waals surface area contributed by atoms with Crippen molar-refractivity contribution < 1.29 is 35.9 Å². The Bertz CT molecular complexity index is 821. The maximum atomic E-state index is 13.1. The molecular formula is C21H24F6N2O2. The molecule has 2 aliphatic rings. The van der Waals surface area contributed by atoms with E-state index >= 15 is 0 Å². The maximum Gasteiger partial charge on any atom is 0.416 e. The molecule has 1 atom stereocenters. The molecule has 0 aromatic heterocycles. The van der Waals surface area contributed by atoms with E-state index in [9.17, 15) is 31.1 Å². The van der Waals surface area contributed by atoms with Gasteiger partial charge in [0.2, 0.25) is 0 Å². The largest absolute Gasteiger partial charge is 0.491 e. The van der Waals surface area contributed by atoms with Crippen LogP contribution in [0.15, 0.2) is 59.6 Å². The number of ether oxygens (including phenoxy) is 1. The third kappa shape index (κ3) is 6.93. The normalized spacial score (nSPS) is 23.6. The summed E-state index contributed by atoms with van der Waals surface area (Å²) in [6.07, 6.45) is -5.26. The van der Waals surface area contributed by atoms with E-state index in [1.807, 2.05) is 0 Å². The van der Waals surface area contributed by atoms with Crippen LogP contribution in [0.4, 0.5) is 26.3 Å². The van der Waals surface area contributed by atoms with Gasteiger partial charge < -0.3 is 15.0 Å². The Morgan fingerprint density at radius 3 is 2.48 bits per heavy atom. The highest BCUT2D eigenvalue weighted by Crippen LogP contribution is 2.32. The molecule has 31 heavy (non-hydrogen) atoms. The first-order chi connectivity index (χ1) is 14.3. The molecule has 1 aliphatic carbocycles. The van der Waals surface area contributed by atoms with Gasteiger partial charge in [-0.1, -0.05) is 37.0 Å². The van der Waals surface area contributed by atoms with Gasteiger partial charge in [-0.05, 0) is 26.2 Å². The summed E-state index contributed by atoms with van der Waals surface area (Å²) in [7, 11) is 0. The Morgan fingerprint density at radius 1 is 1.23 bits per heavy atom. The van der Waals surface area contributed by atoms with E-state index in [1.165, 1.54) is 6.08 Å². The first-order valence-electron chi connectivity index (χ1n) is 9.62. The highest BCUT2D eigenvalue weighted by Gasteiger charge is 2.39. The van der Waals surface area contributed by atoms with Gasteiger partial charge in [0.1, 0.15) is 6.54 Å². The predicted molar refractivity (Wildman–Crippen MR) is 104 cm³/mol. The Labute approximate surface area is 176 Å². The van der Waals surface area contributed by atoms with Gasteiger partial charge in [-0.2, -0.15) is 26.3 Å². The third-order valence-electron chi connectivity index (χ3n) is 4.80. The SMILES string of the molecule is C=C1/C=C\C(C(F)(F)F)=C/C[C@H](NC(=O)C2=C(OCC)C(=C)N(CC(F)(F)F)C2)CC1. The van der Waals surface area contributed by atoms with Crippen LogP contribution in [0.5, 0.6) is 0 Å². The van der Waals surface area contributed by atoms with Gasteiger partial charge in [-0.25, -0.2) is 0 Å². The van der Waals surface area contributed by atoms with E-state index in [4.69, 9.17) is 4.74 Å². The summed E-state index contributed by atoms with van der Waals surface area (Å²) in [6.45, 7) is 7.37. The maximum absolute atomic E-state index is 13.1. The molecule has 0 saturated heterocycles. The summed E-state index contributed by atoms with van der Waals surface area (Å²) in [5.41, 5.74) is -0.477. The Kier molecular flexibility index (Phi) is 7.67. The van der Waals surface area contributed by atoms with Gasteiger partial charge in [-0.3, -0.25) is 4.79 Å². The van der Waals surface area contributed by atoms with Gasteiger partial charge in [0.15, 0.2) is 5.76 Å². The van der Waals surface area contributed by atoms with Gasteiger partial charge in [0.05, 0.1) is 30.0 Å². The molecule has 2 rings (SSSR count). The molecule has 0 unspecified atom stereocenters. The number of allylic oxidation sites excluding steroid dienone is 4. The van der Waals surface area contributed by atoms with E-state index in [0.29, 0.717) is 18.4 Å². The second-order valence-corrected chi connectivity index (χ2v) is 7.25. The van der Waals surface area contributed by atoms with Crippen LogP contribution in [0.1, 0.15) is 26.2 Å². The van der Waals surface area contributed by atoms with Crippen molar-refractivity contribution in [3.05, 3.63) is 59.6 Å². The zero-order valence-corrected chi connectivity index (χ0v) is 17.0. The van der Waals surface area contributed by atoms with Crippen molar-refractivity contribution in [2.75, 3.05) is 19.7 Å². The van der Waals surface area contributed by atoms with Gasteiger partial charge in [0.25, 0.3) is 5.91 Å². The molecule has 4 nitrogen and oxygen atoms in total. The molecule has 0 fully saturated rings. The molecule has 10 heteroatoms. The van der Waals surface area contributed by atoms with Crippen molar-refractivity contribution in [2.45, 2.75) is 44.6 Å². The number of hydrogen-bond donors (Lipinski definition) is 1. The number of hydrogen-bond acceptors (Lipinski definition) is 3. The van der Waals surface area contributed by atoms with Crippen LogP contribution in [0, 0.1) is 0 Å². The van der Waals surface area contributed by atoms with Crippen molar-refractivity contribution in [2.24, 2.45) is 0 Å². The molecule has 0 spiro atoms. The van der Waals surface area contributed by atoms with E-state index < -0.39 is 36.4 Å². The number of nitrogens with zero attached hydrogens (tertiary/aromatic N) is 1. The fraction of sp³-hybridized carbons (Fsp3) is 0.476. The lowest BCUT2D eigenvalue weighted by Crippen LogP contribution is -2.38. The molecule has 0 bridgehead atoms. The summed E-state index contributed by atoms with van der Waals surface area (Å²) < 4.78 is 83.3. The van der Waals surface area contributed by atoms with Crippen LogP contribution in [-0.4, -0.2) is 48.9 Å². The molecular weight excluding hydrogens is 426 g/mol. The average molecular weight is 450 g/mol. The summed E-state index contributed by atoms with van der Waals surface area (Å²) in [4.78, 5) is 13.7. The smallest absolute Gasteiger partial charge is 0.416 e. The highest BCUT2D eigenvalue weighted by molar-refractivity contribution is 5.96. The lowest BCUT2D eigenvalue weighted by atomic mass is 10.0. The minimum Gasteiger partial charge on any atom is -0.491 e. The summed E-state index contributed by atoms with van der Waals surface area (Å²) in [6, 6.07) is -0.665. The van der Waals surface area contributed by atoms with Crippen LogP contribution in [0.2, 0.25) is 0 Å². The topological polar surface area (TPSA) is 41.6 Å². The number of amides is 1. The summed E-state index contributed by atoms with van der Waals surface area (Å²) in [5, 5.41) is 2.63. The standard InChI is InChI=1S/C21H24F6N2O2/c1-4-31-18-14(3)29(12-20(22,23)24)11-17(18)19(30)28-16-9-6-13(2)5-7-15(8-10-16)21(25,26)27/h5,7-8,16H,2-4,6,9-12H2,1H3,(H,28,30)/b7-5-,15-8+/t16-/m1/s1. The average Bonchev–Trinajstić information content (AvgIpc) is 2.96. The first kappa shape index (κ1) is 24.6. The molecule has 1 aliphatic heterocycles. The van der Waals surface area contributed by atoms with E-state index in [1.54, 1.807) is 6.92 Å². The van der Waals surface area contributed by atoms with Gasteiger partial charge >= 0.3 is 12.4 Å².